The molecule has 0 aliphatic heterocycles. The topological polar surface area (TPSA) is 35.2 Å². The van der Waals surface area contributed by atoms with E-state index in [1.165, 1.54) is 11.1 Å². The van der Waals surface area contributed by atoms with E-state index in [1.807, 2.05) is 31.2 Å². The van der Waals surface area contributed by atoms with Crippen molar-refractivity contribution in [2.45, 2.75) is 26.9 Å². The van der Waals surface area contributed by atoms with Crippen LogP contribution < -0.4 is 10.5 Å². The Morgan fingerprint density at radius 3 is 2.32 bits per heavy atom. The van der Waals surface area contributed by atoms with Crippen molar-refractivity contribution in [3.8, 4) is 5.75 Å². The van der Waals surface area contributed by atoms with Gasteiger partial charge < -0.3 is 10.5 Å². The highest BCUT2D eigenvalue weighted by Gasteiger charge is 2.13. The summed E-state index contributed by atoms with van der Waals surface area (Å²) in [6.45, 7) is 6.74. The Kier molecular flexibility index (Phi) is 4.23. The van der Waals surface area contributed by atoms with Gasteiger partial charge in [0.1, 0.15) is 11.9 Å². The molecular formula is C17H21NO. The smallest absolute Gasteiger partial charge is 0.136 e. The van der Waals surface area contributed by atoms with E-state index in [2.05, 4.69) is 32.0 Å². The summed E-state index contributed by atoms with van der Waals surface area (Å²) in [5.74, 6) is 0.899. The monoisotopic (exact) mass is 255 g/mol. The minimum atomic E-state index is -0.0969. The molecule has 2 rings (SSSR count). The SMILES string of the molecule is Cc1ccc(C(CN)Oc2ccccc2C)cc1C. The van der Waals surface area contributed by atoms with Crippen LogP contribution >= 0.6 is 0 Å². The molecule has 0 fully saturated rings. The molecule has 19 heavy (non-hydrogen) atoms. The van der Waals surface area contributed by atoms with Crippen LogP contribution in [0.25, 0.3) is 0 Å². The lowest BCUT2D eigenvalue weighted by molar-refractivity contribution is 0.212. The van der Waals surface area contributed by atoms with Crippen LogP contribution in [0.2, 0.25) is 0 Å². The Labute approximate surface area is 115 Å². The summed E-state index contributed by atoms with van der Waals surface area (Å²) in [6, 6.07) is 14.4. The number of hydrogen-bond donors (Lipinski definition) is 1. The highest BCUT2D eigenvalue weighted by Crippen LogP contribution is 2.25. The summed E-state index contributed by atoms with van der Waals surface area (Å²) in [5.41, 5.74) is 10.7. The van der Waals surface area contributed by atoms with Crippen molar-refractivity contribution in [2.75, 3.05) is 6.54 Å². The van der Waals surface area contributed by atoms with Crippen molar-refractivity contribution in [3.63, 3.8) is 0 Å². The zero-order chi connectivity index (χ0) is 13.8. The largest absolute Gasteiger partial charge is 0.484 e. The zero-order valence-corrected chi connectivity index (χ0v) is 11.8. The molecule has 0 spiro atoms. The molecule has 0 aliphatic rings. The van der Waals surface area contributed by atoms with Crippen LogP contribution in [0.3, 0.4) is 0 Å². The number of para-hydroxylation sites is 1. The average molecular weight is 255 g/mol. The van der Waals surface area contributed by atoms with Gasteiger partial charge in [-0.1, -0.05) is 36.4 Å². The van der Waals surface area contributed by atoms with E-state index in [4.69, 9.17) is 10.5 Å². The number of rotatable bonds is 4. The number of benzene rings is 2. The second-order valence-corrected chi connectivity index (χ2v) is 4.95. The van der Waals surface area contributed by atoms with Gasteiger partial charge in [0.2, 0.25) is 0 Å². The van der Waals surface area contributed by atoms with Crippen LogP contribution in [-0.2, 0) is 0 Å². The molecule has 0 aliphatic carbocycles. The van der Waals surface area contributed by atoms with Gasteiger partial charge in [-0.2, -0.15) is 0 Å². The standard InChI is InChI=1S/C17H21NO/c1-12-8-9-15(10-14(12)3)17(11-18)19-16-7-5-4-6-13(16)2/h4-10,17H,11,18H2,1-3H3. The van der Waals surface area contributed by atoms with E-state index in [9.17, 15) is 0 Å². The van der Waals surface area contributed by atoms with Crippen LogP contribution in [0.5, 0.6) is 5.75 Å². The average Bonchev–Trinajstić information content (AvgIpc) is 2.41. The summed E-state index contributed by atoms with van der Waals surface area (Å²) in [7, 11) is 0. The molecule has 2 heteroatoms. The predicted octanol–water partition coefficient (Wildman–Crippen LogP) is 3.69. The molecule has 0 aromatic heterocycles. The lowest BCUT2D eigenvalue weighted by Crippen LogP contribution is -2.19. The fourth-order valence-corrected chi connectivity index (χ4v) is 2.06. The third kappa shape index (κ3) is 3.15. The van der Waals surface area contributed by atoms with E-state index >= 15 is 0 Å². The van der Waals surface area contributed by atoms with Gasteiger partial charge in [-0.3, -0.25) is 0 Å². The Morgan fingerprint density at radius 1 is 0.947 bits per heavy atom. The molecule has 0 bridgehead atoms. The van der Waals surface area contributed by atoms with Gasteiger partial charge in [-0.15, -0.1) is 0 Å². The first kappa shape index (κ1) is 13.6. The van der Waals surface area contributed by atoms with Gasteiger partial charge in [0.25, 0.3) is 0 Å². The maximum absolute atomic E-state index is 6.05. The van der Waals surface area contributed by atoms with Gasteiger partial charge in [0.15, 0.2) is 0 Å². The Morgan fingerprint density at radius 2 is 1.68 bits per heavy atom. The van der Waals surface area contributed by atoms with Crippen molar-refractivity contribution in [2.24, 2.45) is 5.73 Å². The van der Waals surface area contributed by atoms with E-state index in [-0.39, 0.29) is 6.10 Å². The number of ether oxygens (including phenoxy) is 1. The molecule has 100 valence electrons. The van der Waals surface area contributed by atoms with Crippen LogP contribution in [-0.4, -0.2) is 6.54 Å². The molecule has 2 nitrogen and oxygen atoms in total. The minimum Gasteiger partial charge on any atom is -0.484 e. The van der Waals surface area contributed by atoms with E-state index in [1.54, 1.807) is 0 Å². The fraction of sp³-hybridized carbons (Fsp3) is 0.294. The molecule has 2 aromatic carbocycles. The van der Waals surface area contributed by atoms with Gasteiger partial charge in [0.05, 0.1) is 0 Å². The van der Waals surface area contributed by atoms with Crippen molar-refractivity contribution < 1.29 is 4.74 Å². The van der Waals surface area contributed by atoms with Crippen molar-refractivity contribution in [1.82, 2.24) is 0 Å². The summed E-state index contributed by atoms with van der Waals surface area (Å²) in [5, 5.41) is 0. The first-order valence-electron chi connectivity index (χ1n) is 6.61. The highest BCUT2D eigenvalue weighted by atomic mass is 16.5. The van der Waals surface area contributed by atoms with E-state index < -0.39 is 0 Å². The zero-order valence-electron chi connectivity index (χ0n) is 11.8. The lowest BCUT2D eigenvalue weighted by Gasteiger charge is -2.20. The maximum Gasteiger partial charge on any atom is 0.136 e. The summed E-state index contributed by atoms with van der Waals surface area (Å²) < 4.78 is 6.05. The number of hydrogen-bond acceptors (Lipinski definition) is 2. The van der Waals surface area contributed by atoms with Gasteiger partial charge in [0, 0.05) is 6.54 Å². The molecular weight excluding hydrogens is 234 g/mol. The Bertz CT molecular complexity index is 563. The Hall–Kier alpha value is -1.80. The third-order valence-corrected chi connectivity index (χ3v) is 3.48. The molecule has 1 atom stereocenters. The van der Waals surface area contributed by atoms with Gasteiger partial charge in [-0.05, 0) is 49.1 Å². The normalized spacial score (nSPS) is 12.2. The van der Waals surface area contributed by atoms with E-state index in [0.29, 0.717) is 6.54 Å². The molecule has 0 heterocycles. The first-order chi connectivity index (χ1) is 9.11. The number of aryl methyl sites for hydroxylation is 3. The molecule has 2 aromatic rings. The van der Waals surface area contributed by atoms with Crippen molar-refractivity contribution >= 4 is 0 Å². The van der Waals surface area contributed by atoms with Crippen LogP contribution in [0, 0.1) is 20.8 Å². The molecule has 0 radical (unpaired) electrons. The molecule has 0 amide bonds. The first-order valence-corrected chi connectivity index (χ1v) is 6.61. The van der Waals surface area contributed by atoms with E-state index in [0.717, 1.165) is 16.9 Å². The third-order valence-electron chi connectivity index (χ3n) is 3.48. The summed E-state index contributed by atoms with van der Waals surface area (Å²) >= 11 is 0. The summed E-state index contributed by atoms with van der Waals surface area (Å²) in [6.07, 6.45) is -0.0969. The second-order valence-electron chi connectivity index (χ2n) is 4.95. The van der Waals surface area contributed by atoms with Crippen molar-refractivity contribution in [3.05, 3.63) is 64.7 Å². The fourth-order valence-electron chi connectivity index (χ4n) is 2.06. The minimum absolute atomic E-state index is 0.0969. The maximum atomic E-state index is 6.05. The van der Waals surface area contributed by atoms with Crippen LogP contribution in [0.1, 0.15) is 28.4 Å². The molecule has 0 saturated carbocycles. The van der Waals surface area contributed by atoms with Gasteiger partial charge in [-0.25, -0.2) is 0 Å². The number of nitrogens with two attached hydrogens (primary N) is 1. The predicted molar refractivity (Wildman–Crippen MR) is 79.5 cm³/mol. The molecule has 1 unspecified atom stereocenters. The summed E-state index contributed by atoms with van der Waals surface area (Å²) in [4.78, 5) is 0. The van der Waals surface area contributed by atoms with Crippen LogP contribution in [0.15, 0.2) is 42.5 Å². The van der Waals surface area contributed by atoms with Crippen LogP contribution in [0.4, 0.5) is 0 Å². The molecule has 2 N–H and O–H groups in total. The van der Waals surface area contributed by atoms with Crippen molar-refractivity contribution in [1.29, 1.82) is 0 Å². The molecule has 0 saturated heterocycles. The quantitative estimate of drug-likeness (QED) is 0.904. The lowest BCUT2D eigenvalue weighted by atomic mass is 10.0. The highest BCUT2D eigenvalue weighted by molar-refractivity contribution is 5.35. The van der Waals surface area contributed by atoms with Gasteiger partial charge >= 0.3 is 0 Å². The second kappa shape index (κ2) is 5.89. The Balaban J connectivity index is 2.25.